The van der Waals surface area contributed by atoms with Crippen LogP contribution in [0.5, 0.6) is 0 Å². The summed E-state index contributed by atoms with van der Waals surface area (Å²) in [6.07, 6.45) is 5.27. The third-order valence-electron chi connectivity index (χ3n) is 2.26. The molecule has 2 N–H and O–H groups in total. The first-order valence-electron chi connectivity index (χ1n) is 5.67. The molecule has 0 saturated heterocycles. The summed E-state index contributed by atoms with van der Waals surface area (Å²) in [4.78, 5) is 10.7. The van der Waals surface area contributed by atoms with Crippen molar-refractivity contribution in [2.45, 2.75) is 51.6 Å². The molecule has 1 unspecified atom stereocenters. The van der Waals surface area contributed by atoms with Crippen molar-refractivity contribution in [2.75, 3.05) is 13.2 Å². The molecule has 0 aromatic rings. The number of hydrogen-bond acceptors (Lipinski definition) is 3. The molecule has 0 aliphatic heterocycles. The SMILES string of the molecule is CCCCCCCC(OCCO)C(=O)O. The van der Waals surface area contributed by atoms with E-state index < -0.39 is 12.1 Å². The number of carboxylic acids is 1. The van der Waals surface area contributed by atoms with Crippen LogP contribution in [-0.4, -0.2) is 35.5 Å². The van der Waals surface area contributed by atoms with Crippen molar-refractivity contribution in [3.63, 3.8) is 0 Å². The molecule has 0 radical (unpaired) electrons. The summed E-state index contributed by atoms with van der Waals surface area (Å²) >= 11 is 0. The summed E-state index contributed by atoms with van der Waals surface area (Å²) in [5.74, 6) is -0.932. The topological polar surface area (TPSA) is 66.8 Å². The molecule has 0 spiro atoms. The van der Waals surface area contributed by atoms with Gasteiger partial charge in [-0.1, -0.05) is 39.0 Å². The predicted octanol–water partition coefficient (Wildman–Crippen LogP) is 1.81. The van der Waals surface area contributed by atoms with Crippen molar-refractivity contribution in [3.05, 3.63) is 0 Å². The lowest BCUT2D eigenvalue weighted by Gasteiger charge is -2.12. The summed E-state index contributed by atoms with van der Waals surface area (Å²) in [6.45, 7) is 2.12. The van der Waals surface area contributed by atoms with Crippen molar-refractivity contribution in [1.29, 1.82) is 0 Å². The van der Waals surface area contributed by atoms with E-state index in [0.29, 0.717) is 6.42 Å². The van der Waals surface area contributed by atoms with Crippen LogP contribution in [-0.2, 0) is 9.53 Å². The summed E-state index contributed by atoms with van der Waals surface area (Å²) in [5.41, 5.74) is 0. The zero-order valence-electron chi connectivity index (χ0n) is 9.45. The lowest BCUT2D eigenvalue weighted by molar-refractivity contribution is -0.151. The molecule has 0 aromatic heterocycles. The average Bonchev–Trinajstić information content (AvgIpc) is 2.21. The van der Waals surface area contributed by atoms with Crippen molar-refractivity contribution < 1.29 is 19.7 Å². The number of ether oxygens (including phenoxy) is 1. The number of hydrogen-bond donors (Lipinski definition) is 2. The summed E-state index contributed by atoms with van der Waals surface area (Å²) < 4.78 is 5.01. The number of rotatable bonds is 10. The Morgan fingerprint density at radius 1 is 1.27 bits per heavy atom. The van der Waals surface area contributed by atoms with Gasteiger partial charge in [0, 0.05) is 0 Å². The van der Waals surface area contributed by atoms with Gasteiger partial charge in [-0.2, -0.15) is 0 Å². The molecule has 0 aliphatic carbocycles. The Morgan fingerprint density at radius 3 is 2.47 bits per heavy atom. The van der Waals surface area contributed by atoms with Gasteiger partial charge in [0.15, 0.2) is 6.10 Å². The highest BCUT2D eigenvalue weighted by Crippen LogP contribution is 2.09. The molecule has 0 heterocycles. The van der Waals surface area contributed by atoms with Crippen LogP contribution in [0.4, 0.5) is 0 Å². The first kappa shape index (κ1) is 14.4. The third kappa shape index (κ3) is 8.39. The second-order valence-electron chi connectivity index (χ2n) is 3.62. The Kier molecular flexibility index (Phi) is 9.52. The molecule has 0 rings (SSSR count). The molecule has 0 saturated carbocycles. The maximum absolute atomic E-state index is 10.7. The molecule has 4 nitrogen and oxygen atoms in total. The first-order chi connectivity index (χ1) is 7.22. The number of carbonyl (C=O) groups is 1. The molecule has 90 valence electrons. The fraction of sp³-hybridized carbons (Fsp3) is 0.909. The largest absolute Gasteiger partial charge is 0.479 e. The van der Waals surface area contributed by atoms with E-state index in [4.69, 9.17) is 14.9 Å². The van der Waals surface area contributed by atoms with Gasteiger partial charge in [0.2, 0.25) is 0 Å². The van der Waals surface area contributed by atoms with E-state index >= 15 is 0 Å². The molecule has 0 bridgehead atoms. The summed E-state index contributed by atoms with van der Waals surface area (Å²) in [6, 6.07) is 0. The normalized spacial score (nSPS) is 12.7. The molecule has 0 aliphatic rings. The van der Waals surface area contributed by atoms with Crippen LogP contribution in [0.3, 0.4) is 0 Å². The monoisotopic (exact) mass is 218 g/mol. The highest BCUT2D eigenvalue weighted by Gasteiger charge is 2.16. The maximum atomic E-state index is 10.7. The molecule has 0 fully saturated rings. The Balaban J connectivity index is 3.53. The fourth-order valence-corrected chi connectivity index (χ4v) is 1.41. The highest BCUT2D eigenvalue weighted by molar-refractivity contribution is 5.72. The summed E-state index contributed by atoms with van der Waals surface area (Å²) in [7, 11) is 0. The van der Waals surface area contributed by atoms with E-state index in [0.717, 1.165) is 19.3 Å². The van der Waals surface area contributed by atoms with E-state index in [-0.39, 0.29) is 13.2 Å². The van der Waals surface area contributed by atoms with Gasteiger partial charge in [0.05, 0.1) is 13.2 Å². The van der Waals surface area contributed by atoms with Gasteiger partial charge in [-0.15, -0.1) is 0 Å². The van der Waals surface area contributed by atoms with Crippen molar-refractivity contribution in [3.8, 4) is 0 Å². The first-order valence-corrected chi connectivity index (χ1v) is 5.67. The fourth-order valence-electron chi connectivity index (χ4n) is 1.41. The number of aliphatic hydroxyl groups excluding tert-OH is 1. The number of carboxylic acid groups (broad SMARTS) is 1. The van der Waals surface area contributed by atoms with Gasteiger partial charge < -0.3 is 14.9 Å². The van der Waals surface area contributed by atoms with E-state index in [1.54, 1.807) is 0 Å². The quantitative estimate of drug-likeness (QED) is 0.549. The van der Waals surface area contributed by atoms with Gasteiger partial charge in [-0.25, -0.2) is 4.79 Å². The molecular weight excluding hydrogens is 196 g/mol. The maximum Gasteiger partial charge on any atom is 0.332 e. The van der Waals surface area contributed by atoms with Gasteiger partial charge >= 0.3 is 5.97 Å². The van der Waals surface area contributed by atoms with E-state index in [1.807, 2.05) is 0 Å². The van der Waals surface area contributed by atoms with Crippen LogP contribution in [0.15, 0.2) is 0 Å². The molecule has 1 atom stereocenters. The Morgan fingerprint density at radius 2 is 1.93 bits per heavy atom. The third-order valence-corrected chi connectivity index (χ3v) is 2.26. The molecule has 0 aromatic carbocycles. The Labute approximate surface area is 91.3 Å². The number of unbranched alkanes of at least 4 members (excludes halogenated alkanes) is 4. The number of aliphatic carboxylic acids is 1. The van der Waals surface area contributed by atoms with E-state index in [9.17, 15) is 4.79 Å². The lowest BCUT2D eigenvalue weighted by atomic mass is 10.1. The van der Waals surface area contributed by atoms with Crippen LogP contribution in [0, 0.1) is 0 Å². The van der Waals surface area contributed by atoms with Crippen molar-refractivity contribution >= 4 is 5.97 Å². The van der Waals surface area contributed by atoms with Gasteiger partial charge in [0.1, 0.15) is 0 Å². The van der Waals surface area contributed by atoms with E-state index in [1.165, 1.54) is 12.8 Å². The standard InChI is InChI=1S/C11H22O4/c1-2-3-4-5-6-7-10(11(13)14)15-9-8-12/h10,12H,2-9H2,1H3,(H,13,14). The molecule has 15 heavy (non-hydrogen) atoms. The van der Waals surface area contributed by atoms with Crippen molar-refractivity contribution in [1.82, 2.24) is 0 Å². The molecular formula is C11H22O4. The van der Waals surface area contributed by atoms with Crippen LogP contribution in [0.2, 0.25) is 0 Å². The lowest BCUT2D eigenvalue weighted by Crippen LogP contribution is -2.25. The van der Waals surface area contributed by atoms with Crippen LogP contribution in [0.25, 0.3) is 0 Å². The van der Waals surface area contributed by atoms with Crippen LogP contribution in [0.1, 0.15) is 45.4 Å². The van der Waals surface area contributed by atoms with E-state index in [2.05, 4.69) is 6.92 Å². The minimum atomic E-state index is -0.932. The summed E-state index contributed by atoms with van der Waals surface area (Å²) in [5, 5.41) is 17.3. The smallest absolute Gasteiger partial charge is 0.332 e. The molecule has 0 amide bonds. The van der Waals surface area contributed by atoms with Gasteiger partial charge in [0.25, 0.3) is 0 Å². The Bertz CT molecular complexity index is 159. The number of aliphatic hydroxyl groups is 1. The minimum Gasteiger partial charge on any atom is -0.479 e. The van der Waals surface area contributed by atoms with Gasteiger partial charge in [-0.05, 0) is 6.42 Å². The predicted molar refractivity (Wildman–Crippen MR) is 57.8 cm³/mol. The minimum absolute atomic E-state index is 0.103. The van der Waals surface area contributed by atoms with Crippen LogP contribution >= 0.6 is 0 Å². The second-order valence-corrected chi connectivity index (χ2v) is 3.62. The second kappa shape index (κ2) is 9.93. The average molecular weight is 218 g/mol. The van der Waals surface area contributed by atoms with Crippen molar-refractivity contribution in [2.24, 2.45) is 0 Å². The van der Waals surface area contributed by atoms with Gasteiger partial charge in [-0.3, -0.25) is 0 Å². The highest BCUT2D eigenvalue weighted by atomic mass is 16.5. The zero-order chi connectivity index (χ0) is 11.5. The Hall–Kier alpha value is -0.610. The zero-order valence-corrected chi connectivity index (χ0v) is 9.45. The van der Waals surface area contributed by atoms with Crippen LogP contribution < -0.4 is 0 Å². The molecule has 4 heteroatoms.